The molecule has 0 aliphatic heterocycles. The zero-order valence-corrected chi connectivity index (χ0v) is 20.0. The first kappa shape index (κ1) is 25.2. The van der Waals surface area contributed by atoms with Gasteiger partial charge >= 0.3 is 5.97 Å². The van der Waals surface area contributed by atoms with Crippen molar-refractivity contribution in [3.8, 4) is 28.3 Å². The third-order valence-electron chi connectivity index (χ3n) is 5.71. The Morgan fingerprint density at radius 2 is 1.44 bits per heavy atom. The molecule has 178 valence electrons. The first-order chi connectivity index (χ1) is 16.7. The summed E-state index contributed by atoms with van der Waals surface area (Å²) in [6.07, 6.45) is 15.3. The van der Waals surface area contributed by atoms with E-state index in [-0.39, 0.29) is 6.79 Å². The largest absolute Gasteiger partial charge is 0.457 e. The van der Waals surface area contributed by atoms with Crippen LogP contribution in [0.5, 0.6) is 5.75 Å². The van der Waals surface area contributed by atoms with Gasteiger partial charge in [-0.25, -0.2) is 14.8 Å². The van der Waals surface area contributed by atoms with Crippen molar-refractivity contribution in [2.24, 2.45) is 0 Å². The Kier molecular flexibility index (Phi) is 10.3. The number of hydrogen-bond donors (Lipinski definition) is 0. The van der Waals surface area contributed by atoms with Gasteiger partial charge in [-0.3, -0.25) is 0 Å². The van der Waals surface area contributed by atoms with Crippen LogP contribution in [-0.4, -0.2) is 22.7 Å². The van der Waals surface area contributed by atoms with E-state index in [1.54, 1.807) is 12.1 Å². The van der Waals surface area contributed by atoms with Gasteiger partial charge in [0.2, 0.25) is 6.79 Å². The zero-order chi connectivity index (χ0) is 24.0. The Balaban J connectivity index is 1.48. The molecule has 3 aromatic rings. The summed E-state index contributed by atoms with van der Waals surface area (Å²) in [5.74, 6) is 0.714. The van der Waals surface area contributed by atoms with E-state index in [4.69, 9.17) is 9.47 Å². The number of unbranched alkanes of at least 4 members (excludes halogenated alkanes) is 6. The summed E-state index contributed by atoms with van der Waals surface area (Å²) in [6.45, 7) is 5.44. The van der Waals surface area contributed by atoms with Crippen LogP contribution < -0.4 is 4.74 Å². The minimum Gasteiger partial charge on any atom is -0.457 e. The van der Waals surface area contributed by atoms with Crippen molar-refractivity contribution in [3.63, 3.8) is 0 Å². The van der Waals surface area contributed by atoms with Gasteiger partial charge in [0.25, 0.3) is 0 Å². The average molecular weight is 459 g/mol. The van der Waals surface area contributed by atoms with Gasteiger partial charge < -0.3 is 9.47 Å². The summed E-state index contributed by atoms with van der Waals surface area (Å²) in [5, 5.41) is 0. The fraction of sp³-hybridized carbons (Fsp3) is 0.345. The lowest BCUT2D eigenvalue weighted by atomic mass is 10.0. The molecule has 0 saturated heterocycles. The fourth-order valence-electron chi connectivity index (χ4n) is 3.69. The quantitative estimate of drug-likeness (QED) is 0.111. The Bertz CT molecular complexity index is 1010. The maximum atomic E-state index is 11.0. The maximum Gasteiger partial charge on any atom is 0.333 e. The predicted molar refractivity (Wildman–Crippen MR) is 136 cm³/mol. The third-order valence-corrected chi connectivity index (χ3v) is 5.71. The second-order valence-corrected chi connectivity index (χ2v) is 8.32. The highest BCUT2D eigenvalue weighted by atomic mass is 16.7. The van der Waals surface area contributed by atoms with E-state index < -0.39 is 5.97 Å². The molecule has 34 heavy (non-hydrogen) atoms. The van der Waals surface area contributed by atoms with E-state index >= 15 is 0 Å². The first-order valence-corrected chi connectivity index (χ1v) is 12.1. The Hall–Kier alpha value is -3.47. The van der Waals surface area contributed by atoms with Crippen molar-refractivity contribution in [3.05, 3.63) is 79.1 Å². The number of rotatable bonds is 14. The van der Waals surface area contributed by atoms with E-state index in [1.165, 1.54) is 50.5 Å². The van der Waals surface area contributed by atoms with Crippen LogP contribution in [0.25, 0.3) is 22.5 Å². The monoisotopic (exact) mass is 458 g/mol. The van der Waals surface area contributed by atoms with Crippen molar-refractivity contribution >= 4 is 5.97 Å². The van der Waals surface area contributed by atoms with E-state index in [0.29, 0.717) is 11.6 Å². The van der Waals surface area contributed by atoms with Crippen molar-refractivity contribution in [1.29, 1.82) is 0 Å². The molecule has 0 aliphatic rings. The second-order valence-electron chi connectivity index (χ2n) is 8.32. The van der Waals surface area contributed by atoms with Crippen LogP contribution in [0.2, 0.25) is 0 Å². The molecule has 0 atom stereocenters. The third kappa shape index (κ3) is 8.14. The normalized spacial score (nSPS) is 10.6. The van der Waals surface area contributed by atoms with Gasteiger partial charge in [-0.2, -0.15) is 0 Å². The SMILES string of the molecule is C=CC(=O)OCOc1ccc(-c2ncc(-c3ccc(CCCCCCCCC)cc3)cn2)cc1. The molecule has 5 heteroatoms. The van der Waals surface area contributed by atoms with E-state index in [1.807, 2.05) is 24.5 Å². The highest BCUT2D eigenvalue weighted by molar-refractivity contribution is 5.81. The standard InChI is InChI=1S/C29H34N2O3/c1-3-5-6-7-8-9-10-11-23-12-14-24(15-13-23)26-20-30-29(31-21-26)25-16-18-27(19-17-25)33-22-34-28(32)4-2/h4,12-21H,2-3,5-11,22H2,1H3. The highest BCUT2D eigenvalue weighted by Gasteiger charge is 2.05. The average Bonchev–Trinajstić information content (AvgIpc) is 2.89. The number of carbonyl (C=O) groups excluding carboxylic acids is 1. The molecule has 2 aromatic carbocycles. The van der Waals surface area contributed by atoms with Gasteiger partial charge in [0, 0.05) is 29.6 Å². The van der Waals surface area contributed by atoms with Crippen LogP contribution in [0.3, 0.4) is 0 Å². The maximum absolute atomic E-state index is 11.0. The summed E-state index contributed by atoms with van der Waals surface area (Å²) < 4.78 is 10.2. The minimum atomic E-state index is -0.520. The number of hydrogen-bond acceptors (Lipinski definition) is 5. The van der Waals surface area contributed by atoms with E-state index in [0.717, 1.165) is 29.2 Å². The Morgan fingerprint density at radius 3 is 2.09 bits per heavy atom. The van der Waals surface area contributed by atoms with Crippen LogP contribution in [0.15, 0.2) is 73.6 Å². The lowest BCUT2D eigenvalue weighted by Crippen LogP contribution is -2.07. The molecule has 0 fully saturated rings. The lowest BCUT2D eigenvalue weighted by molar-refractivity contribution is -0.144. The summed E-state index contributed by atoms with van der Waals surface area (Å²) in [5.41, 5.74) is 4.38. The molecule has 0 unspecified atom stereocenters. The number of ether oxygens (including phenoxy) is 2. The number of esters is 1. The topological polar surface area (TPSA) is 61.3 Å². The smallest absolute Gasteiger partial charge is 0.333 e. The van der Waals surface area contributed by atoms with Gasteiger partial charge in [0.05, 0.1) is 0 Å². The number of carbonyl (C=O) groups is 1. The van der Waals surface area contributed by atoms with Crippen LogP contribution in [0.1, 0.15) is 57.4 Å². The summed E-state index contributed by atoms with van der Waals surface area (Å²) >= 11 is 0. The van der Waals surface area contributed by atoms with Gasteiger partial charge in [0.1, 0.15) is 5.75 Å². The molecule has 0 N–H and O–H groups in total. The molecule has 0 spiro atoms. The Morgan fingerprint density at radius 1 is 0.824 bits per heavy atom. The van der Waals surface area contributed by atoms with Crippen LogP contribution in [0.4, 0.5) is 0 Å². The van der Waals surface area contributed by atoms with Crippen LogP contribution in [0, 0.1) is 0 Å². The van der Waals surface area contributed by atoms with Crippen LogP contribution >= 0.6 is 0 Å². The first-order valence-electron chi connectivity index (χ1n) is 12.1. The number of aryl methyl sites for hydroxylation is 1. The summed E-state index contributed by atoms with van der Waals surface area (Å²) in [6, 6.07) is 16.1. The van der Waals surface area contributed by atoms with Gasteiger partial charge in [-0.15, -0.1) is 0 Å². The molecular weight excluding hydrogens is 424 g/mol. The fourth-order valence-corrected chi connectivity index (χ4v) is 3.69. The molecule has 3 rings (SSSR count). The lowest BCUT2D eigenvalue weighted by Gasteiger charge is -2.07. The van der Waals surface area contributed by atoms with Crippen molar-refractivity contribution in [1.82, 2.24) is 9.97 Å². The molecule has 5 nitrogen and oxygen atoms in total. The molecule has 0 saturated carbocycles. The van der Waals surface area contributed by atoms with E-state index in [2.05, 4.69) is 47.7 Å². The highest BCUT2D eigenvalue weighted by Crippen LogP contribution is 2.23. The second kappa shape index (κ2) is 13.9. The van der Waals surface area contributed by atoms with Crippen molar-refractivity contribution in [2.45, 2.75) is 58.3 Å². The Labute approximate surface area is 202 Å². The van der Waals surface area contributed by atoms with Gasteiger partial charge in [-0.05, 0) is 48.2 Å². The van der Waals surface area contributed by atoms with Crippen molar-refractivity contribution in [2.75, 3.05) is 6.79 Å². The van der Waals surface area contributed by atoms with Crippen LogP contribution in [-0.2, 0) is 16.0 Å². The summed E-state index contributed by atoms with van der Waals surface area (Å²) in [7, 11) is 0. The van der Waals surface area contributed by atoms with Crippen molar-refractivity contribution < 1.29 is 14.3 Å². The molecule has 1 aromatic heterocycles. The predicted octanol–water partition coefficient (Wildman–Crippen LogP) is 7.17. The molecule has 0 bridgehead atoms. The zero-order valence-electron chi connectivity index (χ0n) is 20.0. The number of benzene rings is 2. The molecule has 0 radical (unpaired) electrons. The van der Waals surface area contributed by atoms with Gasteiger partial charge in [-0.1, -0.05) is 76.3 Å². The number of nitrogens with zero attached hydrogens (tertiary/aromatic N) is 2. The molecule has 0 aliphatic carbocycles. The minimum absolute atomic E-state index is 0.159. The number of aromatic nitrogens is 2. The molecular formula is C29H34N2O3. The van der Waals surface area contributed by atoms with Gasteiger partial charge in [0.15, 0.2) is 5.82 Å². The molecule has 1 heterocycles. The van der Waals surface area contributed by atoms with E-state index in [9.17, 15) is 4.79 Å². The summed E-state index contributed by atoms with van der Waals surface area (Å²) in [4.78, 5) is 20.1. The molecule has 0 amide bonds.